The Bertz CT molecular complexity index is 347. The summed E-state index contributed by atoms with van der Waals surface area (Å²) in [5, 5.41) is 15.0. The van der Waals surface area contributed by atoms with E-state index in [1.807, 2.05) is 0 Å². The smallest absolute Gasteiger partial charge is 0.315 e. The van der Waals surface area contributed by atoms with Gasteiger partial charge in [0.05, 0.1) is 5.92 Å². The van der Waals surface area contributed by atoms with Crippen LogP contribution in [0, 0.1) is 11.8 Å². The Morgan fingerprint density at radius 1 is 1.26 bits per heavy atom. The van der Waals surface area contributed by atoms with Crippen LogP contribution in [0.15, 0.2) is 0 Å². The average Bonchev–Trinajstić information content (AvgIpc) is 2.79. The molecule has 2 saturated carbocycles. The molecule has 0 saturated heterocycles. The summed E-state index contributed by atoms with van der Waals surface area (Å²) < 4.78 is 0. The second kappa shape index (κ2) is 5.80. The minimum absolute atomic E-state index is 0.00798. The number of urea groups is 1. The second-order valence-electron chi connectivity index (χ2n) is 5.96. The molecule has 0 radical (unpaired) electrons. The highest BCUT2D eigenvalue weighted by atomic mass is 16.4. The third kappa shape index (κ3) is 3.19. The van der Waals surface area contributed by atoms with Crippen molar-refractivity contribution < 1.29 is 14.7 Å². The van der Waals surface area contributed by atoms with E-state index in [1.54, 1.807) is 0 Å². The van der Waals surface area contributed by atoms with Crippen molar-refractivity contribution in [3.05, 3.63) is 0 Å². The normalized spacial score (nSPS) is 28.5. The molecule has 19 heavy (non-hydrogen) atoms. The molecule has 5 nitrogen and oxygen atoms in total. The molecule has 5 heteroatoms. The van der Waals surface area contributed by atoms with Gasteiger partial charge in [0.25, 0.3) is 0 Å². The quantitative estimate of drug-likeness (QED) is 0.714. The Morgan fingerprint density at radius 3 is 2.53 bits per heavy atom. The molecule has 108 valence electrons. The van der Waals surface area contributed by atoms with Gasteiger partial charge < -0.3 is 15.7 Å². The molecule has 2 aliphatic rings. The highest BCUT2D eigenvalue weighted by molar-refractivity contribution is 5.75. The molecule has 0 aromatic rings. The maximum Gasteiger partial charge on any atom is 0.315 e. The molecule has 0 aromatic heterocycles. The van der Waals surface area contributed by atoms with Gasteiger partial charge in [-0.15, -0.1) is 0 Å². The van der Waals surface area contributed by atoms with Gasteiger partial charge in [-0.25, -0.2) is 4.79 Å². The van der Waals surface area contributed by atoms with Crippen molar-refractivity contribution in [3.63, 3.8) is 0 Å². The van der Waals surface area contributed by atoms with Crippen molar-refractivity contribution >= 4 is 12.0 Å². The summed E-state index contributed by atoms with van der Waals surface area (Å²) in [7, 11) is 0. The lowest BCUT2D eigenvalue weighted by molar-refractivity contribution is -0.142. The highest BCUT2D eigenvalue weighted by Crippen LogP contribution is 2.34. The zero-order valence-corrected chi connectivity index (χ0v) is 11.6. The van der Waals surface area contributed by atoms with E-state index in [0.717, 1.165) is 38.5 Å². The maximum absolute atomic E-state index is 11.9. The van der Waals surface area contributed by atoms with Crippen LogP contribution in [0.4, 0.5) is 4.79 Å². The number of amides is 2. The molecule has 2 fully saturated rings. The maximum atomic E-state index is 11.9. The van der Waals surface area contributed by atoms with Crippen molar-refractivity contribution in [1.29, 1.82) is 0 Å². The standard InChI is InChI=1S/C14H24N2O3/c1-2-14(7-4-8-14)16-13(19)15-9-10-5-3-6-11(10)12(17)18/h10-11H,2-9H2,1H3,(H,17,18)(H2,15,16,19). The molecular weight excluding hydrogens is 244 g/mol. The topological polar surface area (TPSA) is 78.4 Å². The molecule has 0 aliphatic heterocycles. The Balaban J connectivity index is 1.75. The van der Waals surface area contributed by atoms with Crippen molar-refractivity contribution in [2.45, 2.75) is 57.4 Å². The van der Waals surface area contributed by atoms with Gasteiger partial charge in [-0.3, -0.25) is 4.79 Å². The van der Waals surface area contributed by atoms with Gasteiger partial charge in [-0.1, -0.05) is 13.3 Å². The number of carboxylic acid groups (broad SMARTS) is 1. The van der Waals surface area contributed by atoms with E-state index >= 15 is 0 Å². The van der Waals surface area contributed by atoms with Gasteiger partial charge in [0.15, 0.2) is 0 Å². The SMILES string of the molecule is CCC1(NC(=O)NCC2CCCC2C(=O)O)CCC1. The van der Waals surface area contributed by atoms with Crippen molar-refractivity contribution in [3.8, 4) is 0 Å². The molecule has 2 rings (SSSR count). The second-order valence-corrected chi connectivity index (χ2v) is 5.96. The fourth-order valence-electron chi connectivity index (χ4n) is 3.29. The molecule has 2 amide bonds. The molecule has 0 bridgehead atoms. The van der Waals surface area contributed by atoms with E-state index in [9.17, 15) is 9.59 Å². The summed E-state index contributed by atoms with van der Waals surface area (Å²) in [6.45, 7) is 2.57. The van der Waals surface area contributed by atoms with Crippen LogP contribution in [-0.2, 0) is 4.79 Å². The van der Waals surface area contributed by atoms with Crippen LogP contribution in [0.2, 0.25) is 0 Å². The fraction of sp³-hybridized carbons (Fsp3) is 0.857. The van der Waals surface area contributed by atoms with E-state index in [2.05, 4.69) is 17.6 Å². The van der Waals surface area contributed by atoms with Crippen LogP contribution < -0.4 is 10.6 Å². The molecule has 2 atom stereocenters. The van der Waals surface area contributed by atoms with Crippen molar-refractivity contribution in [2.24, 2.45) is 11.8 Å². The lowest BCUT2D eigenvalue weighted by Gasteiger charge is -2.42. The van der Waals surface area contributed by atoms with Crippen LogP contribution in [-0.4, -0.2) is 29.2 Å². The molecule has 0 aromatic carbocycles. The first-order valence-electron chi connectivity index (χ1n) is 7.35. The van der Waals surface area contributed by atoms with E-state index in [0.29, 0.717) is 6.54 Å². The largest absolute Gasteiger partial charge is 0.481 e. The van der Waals surface area contributed by atoms with Gasteiger partial charge in [-0.2, -0.15) is 0 Å². The van der Waals surface area contributed by atoms with Crippen molar-refractivity contribution in [2.75, 3.05) is 6.54 Å². The number of hydrogen-bond acceptors (Lipinski definition) is 2. The third-order valence-electron chi connectivity index (χ3n) is 4.87. The molecule has 0 spiro atoms. The molecule has 3 N–H and O–H groups in total. The van der Waals surface area contributed by atoms with Gasteiger partial charge >= 0.3 is 12.0 Å². The zero-order valence-electron chi connectivity index (χ0n) is 11.6. The Hall–Kier alpha value is -1.26. The molecular formula is C14H24N2O3. The van der Waals surface area contributed by atoms with Crippen molar-refractivity contribution in [1.82, 2.24) is 10.6 Å². The average molecular weight is 268 g/mol. The zero-order chi connectivity index (χ0) is 13.9. The summed E-state index contributed by atoms with van der Waals surface area (Å²) in [5.41, 5.74) is -0.00798. The Kier molecular flexibility index (Phi) is 4.32. The minimum Gasteiger partial charge on any atom is -0.481 e. The minimum atomic E-state index is -0.728. The molecule has 2 aliphatic carbocycles. The van der Waals surface area contributed by atoms with Crippen LogP contribution in [0.3, 0.4) is 0 Å². The predicted molar refractivity (Wildman–Crippen MR) is 71.9 cm³/mol. The number of carbonyl (C=O) groups is 2. The number of hydrogen-bond donors (Lipinski definition) is 3. The predicted octanol–water partition coefficient (Wildman–Crippen LogP) is 2.12. The molecule has 0 heterocycles. The highest BCUT2D eigenvalue weighted by Gasteiger charge is 2.37. The van der Waals surface area contributed by atoms with E-state index in [4.69, 9.17) is 5.11 Å². The molecule has 2 unspecified atom stereocenters. The third-order valence-corrected chi connectivity index (χ3v) is 4.87. The lowest BCUT2D eigenvalue weighted by atomic mass is 9.75. The summed E-state index contributed by atoms with van der Waals surface area (Å²) in [6.07, 6.45) is 6.83. The first kappa shape index (κ1) is 14.2. The Morgan fingerprint density at radius 2 is 2.00 bits per heavy atom. The van der Waals surface area contributed by atoms with Crippen LogP contribution in [0.5, 0.6) is 0 Å². The lowest BCUT2D eigenvalue weighted by Crippen LogP contribution is -2.56. The first-order valence-corrected chi connectivity index (χ1v) is 7.35. The van der Waals surface area contributed by atoms with Gasteiger partial charge in [0, 0.05) is 12.1 Å². The summed E-state index contributed by atoms with van der Waals surface area (Å²) >= 11 is 0. The van der Waals surface area contributed by atoms with E-state index in [-0.39, 0.29) is 23.4 Å². The first-order chi connectivity index (χ1) is 9.06. The fourth-order valence-corrected chi connectivity index (χ4v) is 3.29. The summed E-state index contributed by atoms with van der Waals surface area (Å²) in [6, 6.07) is -0.141. The van der Waals surface area contributed by atoms with Gasteiger partial charge in [0.1, 0.15) is 0 Å². The monoisotopic (exact) mass is 268 g/mol. The number of carboxylic acids is 1. The van der Waals surface area contributed by atoms with Gasteiger partial charge in [0.2, 0.25) is 0 Å². The Labute approximate surface area is 114 Å². The van der Waals surface area contributed by atoms with Gasteiger partial charge in [-0.05, 0) is 44.4 Å². The number of rotatable bonds is 5. The number of carbonyl (C=O) groups excluding carboxylic acids is 1. The summed E-state index contributed by atoms with van der Waals surface area (Å²) in [4.78, 5) is 22.9. The van der Waals surface area contributed by atoms with Crippen LogP contribution in [0.1, 0.15) is 51.9 Å². The van der Waals surface area contributed by atoms with E-state index < -0.39 is 5.97 Å². The van der Waals surface area contributed by atoms with E-state index in [1.165, 1.54) is 6.42 Å². The number of aliphatic carboxylic acids is 1. The van der Waals surface area contributed by atoms with Crippen LogP contribution >= 0.6 is 0 Å². The van der Waals surface area contributed by atoms with Crippen LogP contribution in [0.25, 0.3) is 0 Å². The number of nitrogens with one attached hydrogen (secondary N) is 2. The summed E-state index contributed by atoms with van der Waals surface area (Å²) in [5.74, 6) is -0.930.